The molecule has 0 saturated heterocycles. The first-order chi connectivity index (χ1) is 13.2. The lowest BCUT2D eigenvalue weighted by Gasteiger charge is -2.31. The summed E-state index contributed by atoms with van der Waals surface area (Å²) < 4.78 is 5.47. The number of ether oxygens (including phenoxy) is 1. The first-order valence-corrected chi connectivity index (χ1v) is 9.21. The Hall–Kier alpha value is -3.08. The predicted octanol–water partition coefficient (Wildman–Crippen LogP) is 2.85. The average molecular weight is 362 g/mol. The van der Waals surface area contributed by atoms with Crippen molar-refractivity contribution in [1.82, 2.24) is 9.80 Å². The second-order valence-electron chi connectivity index (χ2n) is 6.72. The fourth-order valence-corrected chi connectivity index (χ4v) is 3.92. The van der Waals surface area contributed by atoms with Crippen LogP contribution in [0.1, 0.15) is 23.6 Å². The number of carbonyl (C=O) groups excluding carboxylic acids is 2. The lowest BCUT2D eigenvalue weighted by Crippen LogP contribution is -2.37. The molecule has 2 aromatic rings. The van der Waals surface area contributed by atoms with E-state index in [1.165, 1.54) is 16.0 Å². The standard InChI is InChI=1S/C22H22N2O3/c1-3-24-21(25)19(17-10-6-7-11-18(17)27-2)20(22(24)26)23-13-12-15-8-4-5-9-16(15)14-23/h4-11H,3,12-14H2,1-2H3. The maximum absolute atomic E-state index is 13.1. The summed E-state index contributed by atoms with van der Waals surface area (Å²) in [6, 6.07) is 15.6. The molecular weight excluding hydrogens is 340 g/mol. The van der Waals surface area contributed by atoms with Gasteiger partial charge in [0.05, 0.1) is 12.7 Å². The van der Waals surface area contributed by atoms with Gasteiger partial charge >= 0.3 is 0 Å². The number of nitrogens with zero attached hydrogens (tertiary/aromatic N) is 2. The average Bonchev–Trinajstić information content (AvgIpc) is 2.96. The van der Waals surface area contributed by atoms with Crippen molar-refractivity contribution in [3.63, 3.8) is 0 Å². The molecule has 4 rings (SSSR count). The largest absolute Gasteiger partial charge is 0.496 e. The van der Waals surface area contributed by atoms with E-state index in [-0.39, 0.29) is 11.8 Å². The molecule has 0 unspecified atom stereocenters. The molecule has 0 saturated carbocycles. The second kappa shape index (κ2) is 6.91. The van der Waals surface area contributed by atoms with Gasteiger partial charge in [0.15, 0.2) is 0 Å². The highest BCUT2D eigenvalue weighted by molar-refractivity contribution is 6.36. The number of hydrogen-bond donors (Lipinski definition) is 0. The van der Waals surface area contributed by atoms with Crippen molar-refractivity contribution in [1.29, 1.82) is 0 Å². The number of imide groups is 1. The van der Waals surface area contributed by atoms with Crippen molar-refractivity contribution in [2.75, 3.05) is 20.2 Å². The van der Waals surface area contributed by atoms with Crippen LogP contribution in [-0.4, -0.2) is 41.8 Å². The third kappa shape index (κ3) is 2.79. The molecule has 5 heteroatoms. The Kier molecular flexibility index (Phi) is 4.44. The zero-order valence-corrected chi connectivity index (χ0v) is 15.6. The Morgan fingerprint density at radius 2 is 1.67 bits per heavy atom. The molecule has 0 radical (unpaired) electrons. The Balaban J connectivity index is 1.84. The van der Waals surface area contributed by atoms with Gasteiger partial charge < -0.3 is 9.64 Å². The molecule has 2 heterocycles. The number of rotatable bonds is 4. The number of fused-ring (bicyclic) bond motifs is 1. The summed E-state index contributed by atoms with van der Waals surface area (Å²) in [5.74, 6) is 0.130. The molecule has 0 spiro atoms. The van der Waals surface area contributed by atoms with E-state index in [1.807, 2.05) is 48.2 Å². The highest BCUT2D eigenvalue weighted by Gasteiger charge is 2.42. The highest BCUT2D eigenvalue weighted by atomic mass is 16.5. The molecule has 5 nitrogen and oxygen atoms in total. The highest BCUT2D eigenvalue weighted by Crippen LogP contribution is 2.37. The van der Waals surface area contributed by atoms with Crippen LogP contribution in [0.5, 0.6) is 5.75 Å². The second-order valence-corrected chi connectivity index (χ2v) is 6.72. The molecule has 0 atom stereocenters. The van der Waals surface area contributed by atoms with Crippen molar-refractivity contribution in [2.45, 2.75) is 19.9 Å². The molecule has 0 fully saturated rings. The van der Waals surface area contributed by atoms with Crippen LogP contribution in [0.2, 0.25) is 0 Å². The van der Waals surface area contributed by atoms with Gasteiger partial charge in [0.1, 0.15) is 11.4 Å². The van der Waals surface area contributed by atoms with Crippen LogP contribution in [0.4, 0.5) is 0 Å². The molecule has 0 aliphatic carbocycles. The number of methoxy groups -OCH3 is 1. The third-order valence-electron chi connectivity index (χ3n) is 5.28. The first-order valence-electron chi connectivity index (χ1n) is 9.21. The molecule has 0 N–H and O–H groups in total. The van der Waals surface area contributed by atoms with Gasteiger partial charge in [0.2, 0.25) is 0 Å². The maximum Gasteiger partial charge on any atom is 0.277 e. The van der Waals surface area contributed by atoms with Gasteiger partial charge in [-0.05, 0) is 30.5 Å². The van der Waals surface area contributed by atoms with Crippen molar-refractivity contribution >= 4 is 17.4 Å². The van der Waals surface area contributed by atoms with E-state index in [4.69, 9.17) is 4.74 Å². The fourth-order valence-electron chi connectivity index (χ4n) is 3.92. The van der Waals surface area contributed by atoms with Crippen molar-refractivity contribution in [3.05, 3.63) is 70.9 Å². The fraction of sp³-hybridized carbons (Fsp3) is 0.273. The van der Waals surface area contributed by atoms with Gasteiger partial charge in [-0.15, -0.1) is 0 Å². The van der Waals surface area contributed by atoms with Crippen molar-refractivity contribution in [2.24, 2.45) is 0 Å². The van der Waals surface area contributed by atoms with E-state index in [0.29, 0.717) is 42.2 Å². The smallest absolute Gasteiger partial charge is 0.277 e. The van der Waals surface area contributed by atoms with E-state index >= 15 is 0 Å². The van der Waals surface area contributed by atoms with E-state index in [1.54, 1.807) is 7.11 Å². The molecule has 0 bridgehead atoms. The molecule has 2 aliphatic rings. The molecule has 2 aliphatic heterocycles. The quantitative estimate of drug-likeness (QED) is 0.785. The topological polar surface area (TPSA) is 49.9 Å². The van der Waals surface area contributed by atoms with Crippen LogP contribution < -0.4 is 4.74 Å². The van der Waals surface area contributed by atoms with Gasteiger partial charge in [0, 0.05) is 25.2 Å². The van der Waals surface area contributed by atoms with Gasteiger partial charge in [-0.25, -0.2) is 0 Å². The molecule has 27 heavy (non-hydrogen) atoms. The van der Waals surface area contributed by atoms with Crippen LogP contribution in [0.3, 0.4) is 0 Å². The summed E-state index contributed by atoms with van der Waals surface area (Å²) in [5.41, 5.74) is 4.10. The minimum Gasteiger partial charge on any atom is -0.496 e. The van der Waals surface area contributed by atoms with E-state index < -0.39 is 0 Å². The summed E-state index contributed by atoms with van der Waals surface area (Å²) in [5, 5.41) is 0. The number of amides is 2. The monoisotopic (exact) mass is 362 g/mol. The molecule has 2 aromatic carbocycles. The van der Waals surface area contributed by atoms with Crippen LogP contribution in [-0.2, 0) is 22.6 Å². The SMILES string of the molecule is CCN1C(=O)C(c2ccccc2OC)=C(N2CCc3ccccc3C2)C1=O. The van der Waals surface area contributed by atoms with Crippen LogP contribution in [0, 0.1) is 0 Å². The predicted molar refractivity (Wildman–Crippen MR) is 103 cm³/mol. The Bertz CT molecular complexity index is 948. The van der Waals surface area contributed by atoms with Crippen LogP contribution >= 0.6 is 0 Å². The summed E-state index contributed by atoms with van der Waals surface area (Å²) in [6.45, 7) is 3.51. The normalized spacial score (nSPS) is 16.8. The molecular formula is C22H22N2O3. The van der Waals surface area contributed by atoms with E-state index in [9.17, 15) is 9.59 Å². The number of benzene rings is 2. The van der Waals surface area contributed by atoms with Gasteiger partial charge in [-0.2, -0.15) is 0 Å². The summed E-state index contributed by atoms with van der Waals surface area (Å²) in [6.07, 6.45) is 0.854. The summed E-state index contributed by atoms with van der Waals surface area (Å²) >= 11 is 0. The number of hydrogen-bond acceptors (Lipinski definition) is 4. The lowest BCUT2D eigenvalue weighted by molar-refractivity contribution is -0.137. The number of likely N-dealkylation sites (N-methyl/N-ethyl adjacent to an activating group) is 1. The number of para-hydroxylation sites is 1. The minimum absolute atomic E-state index is 0.220. The Labute approximate surface area is 158 Å². The summed E-state index contributed by atoms with van der Waals surface area (Å²) in [4.78, 5) is 29.5. The van der Waals surface area contributed by atoms with Gasteiger partial charge in [-0.1, -0.05) is 42.5 Å². The van der Waals surface area contributed by atoms with Crippen molar-refractivity contribution in [3.8, 4) is 5.75 Å². The van der Waals surface area contributed by atoms with Gasteiger partial charge in [-0.3, -0.25) is 14.5 Å². The molecule has 0 aromatic heterocycles. The molecule has 138 valence electrons. The van der Waals surface area contributed by atoms with Crippen molar-refractivity contribution < 1.29 is 14.3 Å². The summed E-state index contributed by atoms with van der Waals surface area (Å²) in [7, 11) is 1.58. The Morgan fingerprint density at radius 3 is 2.41 bits per heavy atom. The Morgan fingerprint density at radius 1 is 0.963 bits per heavy atom. The van der Waals surface area contributed by atoms with Gasteiger partial charge in [0.25, 0.3) is 11.8 Å². The zero-order valence-electron chi connectivity index (χ0n) is 15.6. The third-order valence-corrected chi connectivity index (χ3v) is 5.28. The zero-order chi connectivity index (χ0) is 19.0. The molecule has 2 amide bonds. The number of carbonyl (C=O) groups is 2. The van der Waals surface area contributed by atoms with E-state index in [2.05, 4.69) is 12.1 Å². The maximum atomic E-state index is 13.1. The van der Waals surface area contributed by atoms with Crippen LogP contribution in [0.25, 0.3) is 5.57 Å². The van der Waals surface area contributed by atoms with Crippen LogP contribution in [0.15, 0.2) is 54.2 Å². The van der Waals surface area contributed by atoms with E-state index in [0.717, 1.165) is 6.42 Å². The minimum atomic E-state index is -0.249. The first kappa shape index (κ1) is 17.3. The lowest BCUT2D eigenvalue weighted by atomic mass is 9.97.